The number of benzene rings is 2. The summed E-state index contributed by atoms with van der Waals surface area (Å²) in [5, 5.41) is 14.1. The van der Waals surface area contributed by atoms with Crippen molar-refractivity contribution in [2.45, 2.75) is 6.92 Å². The van der Waals surface area contributed by atoms with E-state index in [4.69, 9.17) is 4.74 Å². The maximum Gasteiger partial charge on any atom is 0.293 e. The Hall–Kier alpha value is -3.75. The molecule has 2 aromatic rings. The number of nitro groups is 1. The van der Waals surface area contributed by atoms with Crippen LogP contribution in [-0.2, 0) is 14.3 Å². The lowest BCUT2D eigenvalue weighted by Gasteiger charge is -2.13. The van der Waals surface area contributed by atoms with Gasteiger partial charge in [-0.2, -0.15) is 0 Å². The largest absolute Gasteiger partial charge is 0.495 e. The predicted molar refractivity (Wildman–Crippen MR) is 101 cm³/mol. The summed E-state index contributed by atoms with van der Waals surface area (Å²) in [6, 6.07) is 7.93. The summed E-state index contributed by atoms with van der Waals surface area (Å²) < 4.78 is 19.1. The Bertz CT molecular complexity index is 1050. The number of methoxy groups -OCH3 is 1. The predicted octanol–water partition coefficient (Wildman–Crippen LogP) is 3.18. The first-order valence-corrected chi connectivity index (χ1v) is 8.20. The Morgan fingerprint density at radius 3 is 2.54 bits per heavy atom. The molecule has 0 atom stereocenters. The van der Waals surface area contributed by atoms with Gasteiger partial charge >= 0.3 is 0 Å². The van der Waals surface area contributed by atoms with Gasteiger partial charge in [0.25, 0.3) is 11.6 Å². The number of hydrogen-bond acceptors (Lipinski definition) is 6. The zero-order valence-electron chi connectivity index (χ0n) is 15.3. The molecular weight excluding hydrogens is 369 g/mol. The van der Waals surface area contributed by atoms with Gasteiger partial charge in [-0.1, -0.05) is 0 Å². The Balaban J connectivity index is 2.29. The third-order valence-electron chi connectivity index (χ3n) is 4.36. The molecule has 0 unspecified atom stereocenters. The third-order valence-corrected chi connectivity index (χ3v) is 4.36. The molecule has 0 aliphatic carbocycles. The van der Waals surface area contributed by atoms with Crippen molar-refractivity contribution in [3.63, 3.8) is 0 Å². The topological polar surface area (TPSA) is 102 Å². The maximum absolute atomic E-state index is 13.7. The van der Waals surface area contributed by atoms with Crippen molar-refractivity contribution in [3.05, 3.63) is 63.5 Å². The van der Waals surface area contributed by atoms with Crippen LogP contribution in [0.25, 0.3) is 11.3 Å². The van der Waals surface area contributed by atoms with Crippen LogP contribution >= 0.6 is 0 Å². The highest BCUT2D eigenvalue weighted by molar-refractivity contribution is 6.42. The summed E-state index contributed by atoms with van der Waals surface area (Å²) in [5.41, 5.74) is 0.793. The summed E-state index contributed by atoms with van der Waals surface area (Å²) in [6.45, 7) is 1.19. The smallest absolute Gasteiger partial charge is 0.293 e. The molecule has 8 nitrogen and oxygen atoms in total. The molecule has 0 spiro atoms. The normalized spacial score (nSPS) is 14.6. The van der Waals surface area contributed by atoms with Crippen LogP contribution < -0.4 is 10.2 Å². The quantitative estimate of drug-likeness (QED) is 0.375. The van der Waals surface area contributed by atoms with Gasteiger partial charge in [-0.25, -0.2) is 9.29 Å². The van der Waals surface area contributed by atoms with Crippen LogP contribution in [0.3, 0.4) is 0 Å². The highest BCUT2D eigenvalue weighted by Gasteiger charge is 2.38. The zero-order chi connectivity index (χ0) is 20.6. The molecule has 0 radical (unpaired) electrons. The van der Waals surface area contributed by atoms with E-state index >= 15 is 0 Å². The van der Waals surface area contributed by atoms with Crippen molar-refractivity contribution in [3.8, 4) is 0 Å². The van der Waals surface area contributed by atoms with E-state index in [2.05, 4.69) is 5.32 Å². The van der Waals surface area contributed by atoms with Crippen molar-refractivity contribution in [2.75, 3.05) is 24.4 Å². The molecule has 0 saturated heterocycles. The third kappa shape index (κ3) is 2.96. The standard InChI is InChI=1S/C19H16FN3O5/c1-10(24)22-15-9-12(20)5-6-13(15)17(19(22)25)18(28-3)11-4-7-14(21-2)16(8-11)23(26)27/h4-9,21H,1-3H3/b18-17+. The zero-order valence-corrected chi connectivity index (χ0v) is 15.3. The Morgan fingerprint density at radius 2 is 1.96 bits per heavy atom. The lowest BCUT2D eigenvalue weighted by molar-refractivity contribution is -0.384. The average molecular weight is 385 g/mol. The van der Waals surface area contributed by atoms with Gasteiger partial charge < -0.3 is 10.1 Å². The number of ether oxygens (including phenoxy) is 1. The van der Waals surface area contributed by atoms with Crippen molar-refractivity contribution >= 4 is 40.2 Å². The molecule has 3 rings (SSSR count). The molecular formula is C19H16FN3O5. The van der Waals surface area contributed by atoms with E-state index < -0.39 is 22.6 Å². The van der Waals surface area contributed by atoms with Gasteiger partial charge in [-0.3, -0.25) is 19.7 Å². The molecule has 0 aromatic heterocycles. The second-order valence-electron chi connectivity index (χ2n) is 5.97. The number of carbonyl (C=O) groups excluding carboxylic acids is 2. The summed E-state index contributed by atoms with van der Waals surface area (Å²) in [5.74, 6) is -1.83. The van der Waals surface area contributed by atoms with Crippen LogP contribution in [0.2, 0.25) is 0 Å². The molecule has 0 saturated carbocycles. The van der Waals surface area contributed by atoms with Crippen LogP contribution in [0.1, 0.15) is 18.1 Å². The van der Waals surface area contributed by atoms with Crippen LogP contribution in [0.4, 0.5) is 21.5 Å². The lowest BCUT2D eigenvalue weighted by atomic mass is 10.0. The van der Waals surface area contributed by atoms with Crippen LogP contribution in [-0.4, -0.2) is 30.9 Å². The van der Waals surface area contributed by atoms with Gasteiger partial charge in [0.05, 0.1) is 23.3 Å². The molecule has 1 N–H and O–H groups in total. The molecule has 1 aliphatic heterocycles. The minimum Gasteiger partial charge on any atom is -0.495 e. The fourth-order valence-electron chi connectivity index (χ4n) is 3.17. The van der Waals surface area contributed by atoms with Crippen LogP contribution in [0, 0.1) is 15.9 Å². The number of carbonyl (C=O) groups is 2. The molecule has 1 aliphatic rings. The van der Waals surface area contributed by atoms with Gasteiger partial charge in [0.15, 0.2) is 0 Å². The number of hydrogen-bond donors (Lipinski definition) is 1. The Morgan fingerprint density at radius 1 is 1.25 bits per heavy atom. The number of halogens is 1. The maximum atomic E-state index is 13.7. The summed E-state index contributed by atoms with van der Waals surface area (Å²) >= 11 is 0. The number of nitro benzene ring substituents is 1. The monoisotopic (exact) mass is 385 g/mol. The molecule has 2 aromatic carbocycles. The van der Waals surface area contributed by atoms with E-state index in [0.29, 0.717) is 11.3 Å². The minimum absolute atomic E-state index is 0.0270. The molecule has 0 bridgehead atoms. The van der Waals surface area contributed by atoms with Gasteiger partial charge in [0, 0.05) is 31.2 Å². The lowest BCUT2D eigenvalue weighted by Crippen LogP contribution is -2.31. The van der Waals surface area contributed by atoms with Crippen molar-refractivity contribution < 1.29 is 23.6 Å². The summed E-state index contributed by atoms with van der Waals surface area (Å²) in [6.07, 6.45) is 0. The number of nitrogens with zero attached hydrogens (tertiary/aromatic N) is 2. The van der Waals surface area contributed by atoms with Gasteiger partial charge in [0.1, 0.15) is 17.3 Å². The van der Waals surface area contributed by atoms with E-state index in [0.717, 1.165) is 17.0 Å². The number of imide groups is 1. The van der Waals surface area contributed by atoms with Gasteiger partial charge in [0.2, 0.25) is 5.91 Å². The van der Waals surface area contributed by atoms with Gasteiger partial charge in [-0.15, -0.1) is 0 Å². The van der Waals surface area contributed by atoms with Crippen LogP contribution in [0.5, 0.6) is 0 Å². The van der Waals surface area contributed by atoms with E-state index in [-0.39, 0.29) is 28.3 Å². The van der Waals surface area contributed by atoms with E-state index in [1.54, 1.807) is 13.1 Å². The number of fused-ring (bicyclic) bond motifs is 1. The number of anilines is 2. The second-order valence-corrected chi connectivity index (χ2v) is 5.97. The molecule has 0 fully saturated rings. The van der Waals surface area contributed by atoms with Crippen LogP contribution in [0.15, 0.2) is 36.4 Å². The molecule has 9 heteroatoms. The fraction of sp³-hybridized carbons (Fsp3) is 0.158. The first-order valence-electron chi connectivity index (χ1n) is 8.20. The molecule has 1 heterocycles. The Labute approximate surface area is 159 Å². The summed E-state index contributed by atoms with van der Waals surface area (Å²) in [4.78, 5) is 36.5. The first kappa shape index (κ1) is 19.0. The first-order chi connectivity index (χ1) is 13.3. The average Bonchev–Trinajstić information content (AvgIpc) is 2.93. The molecule has 144 valence electrons. The highest BCUT2D eigenvalue weighted by atomic mass is 19.1. The number of rotatable bonds is 4. The minimum atomic E-state index is -0.690. The van der Waals surface area contributed by atoms with E-state index in [9.17, 15) is 24.1 Å². The van der Waals surface area contributed by atoms with Crippen molar-refractivity contribution in [1.29, 1.82) is 0 Å². The fourth-order valence-corrected chi connectivity index (χ4v) is 3.17. The van der Waals surface area contributed by atoms with E-state index in [1.807, 2.05) is 0 Å². The molecule has 2 amide bonds. The van der Waals surface area contributed by atoms with E-state index in [1.165, 1.54) is 32.2 Å². The highest BCUT2D eigenvalue weighted by Crippen LogP contribution is 2.42. The Kier molecular flexibility index (Phi) is 4.83. The number of nitrogens with one attached hydrogen (secondary N) is 1. The summed E-state index contributed by atoms with van der Waals surface area (Å²) in [7, 11) is 2.86. The second kappa shape index (κ2) is 7.10. The van der Waals surface area contributed by atoms with Crippen molar-refractivity contribution in [1.82, 2.24) is 0 Å². The SMILES string of the molecule is CNc1ccc(/C(OC)=C2\C(=O)N(C(C)=O)c3cc(F)ccc32)cc1[N+](=O)[O-]. The number of amides is 2. The van der Waals surface area contributed by atoms with Gasteiger partial charge in [-0.05, 0) is 30.3 Å². The molecule has 28 heavy (non-hydrogen) atoms. The van der Waals surface area contributed by atoms with Crippen molar-refractivity contribution in [2.24, 2.45) is 0 Å².